The molecule has 0 spiro atoms. The van der Waals surface area contributed by atoms with E-state index in [2.05, 4.69) is 0 Å². The number of thioether (sulfide) groups is 1. The molecule has 0 unspecified atom stereocenters. The van der Waals surface area contributed by atoms with Gasteiger partial charge >= 0.3 is 5.97 Å². The lowest BCUT2D eigenvalue weighted by Crippen LogP contribution is -2.50. The van der Waals surface area contributed by atoms with Crippen LogP contribution in [0.25, 0.3) is 0 Å². The molecule has 1 saturated heterocycles. The summed E-state index contributed by atoms with van der Waals surface area (Å²) in [6.07, 6.45) is 0. The number of rotatable bonds is 3. The maximum absolute atomic E-state index is 12.3. The lowest BCUT2D eigenvalue weighted by atomic mass is 10.0. The number of ether oxygens (including phenoxy) is 1. The lowest BCUT2D eigenvalue weighted by molar-refractivity contribution is -0.152. The van der Waals surface area contributed by atoms with Crippen molar-refractivity contribution in [3.8, 4) is 0 Å². The minimum atomic E-state index is -0.649. The van der Waals surface area contributed by atoms with Crippen LogP contribution >= 0.6 is 23.4 Å². The van der Waals surface area contributed by atoms with Crippen molar-refractivity contribution in [2.24, 2.45) is 0 Å². The predicted octanol–water partition coefficient (Wildman–Crippen LogP) is 2.82. The third kappa shape index (κ3) is 3.04. The molecule has 2 rings (SSSR count). The molecule has 1 aromatic rings. The molecule has 4 nitrogen and oxygen atoms in total. The molecule has 114 valence electrons. The quantitative estimate of drug-likeness (QED) is 0.632. The third-order valence-electron chi connectivity index (χ3n) is 3.52. The first-order chi connectivity index (χ1) is 9.92. The number of alkyl halides is 1. The molecule has 1 amide bonds. The topological polar surface area (TPSA) is 46.6 Å². The molecule has 0 bridgehead atoms. The van der Waals surface area contributed by atoms with Crippen LogP contribution in [0.4, 0.5) is 0 Å². The summed E-state index contributed by atoms with van der Waals surface area (Å²) in [4.78, 5) is 26.0. The van der Waals surface area contributed by atoms with Crippen LogP contribution in [0.3, 0.4) is 0 Å². The number of hydrogen-bond acceptors (Lipinski definition) is 4. The van der Waals surface area contributed by atoms with E-state index in [1.165, 1.54) is 7.11 Å². The van der Waals surface area contributed by atoms with Crippen molar-refractivity contribution in [3.05, 3.63) is 35.9 Å². The molecule has 0 radical (unpaired) electrons. The zero-order valence-corrected chi connectivity index (χ0v) is 13.8. The molecule has 1 aliphatic rings. The van der Waals surface area contributed by atoms with Crippen molar-refractivity contribution in [2.75, 3.05) is 13.0 Å². The zero-order valence-electron chi connectivity index (χ0n) is 12.2. The number of carbonyl (C=O) groups is 2. The zero-order chi connectivity index (χ0) is 15.6. The normalized spacial score (nSPS) is 23.9. The lowest BCUT2D eigenvalue weighted by Gasteiger charge is -2.30. The molecule has 1 fully saturated rings. The van der Waals surface area contributed by atoms with Crippen LogP contribution in [0.1, 0.15) is 24.8 Å². The molecular weight excluding hydrogens is 310 g/mol. The van der Waals surface area contributed by atoms with Crippen LogP contribution in [0, 0.1) is 0 Å². The molecular formula is C15H18ClNO3S. The molecule has 2 atom stereocenters. The monoisotopic (exact) mass is 327 g/mol. The molecule has 0 saturated carbocycles. The molecule has 1 aliphatic heterocycles. The highest BCUT2D eigenvalue weighted by atomic mass is 35.5. The average molecular weight is 328 g/mol. The van der Waals surface area contributed by atoms with Gasteiger partial charge < -0.3 is 9.64 Å². The standard InChI is InChI=1S/C15H18ClNO3S/c1-15(2)12(14(19)20-3)17(11(18)9-16)13(21-15)10-7-5-4-6-8-10/h4-8,12-13H,9H2,1-3H3/t12-,13-/m0/s1. The van der Waals surface area contributed by atoms with Gasteiger partial charge in [0.2, 0.25) is 5.91 Å². The van der Waals surface area contributed by atoms with Gasteiger partial charge in [-0.3, -0.25) is 4.79 Å². The van der Waals surface area contributed by atoms with E-state index in [0.29, 0.717) is 0 Å². The second kappa shape index (κ2) is 6.28. The minimum Gasteiger partial charge on any atom is -0.467 e. The van der Waals surface area contributed by atoms with E-state index in [1.54, 1.807) is 16.7 Å². The van der Waals surface area contributed by atoms with Crippen LogP contribution in [-0.4, -0.2) is 40.6 Å². The Bertz CT molecular complexity index is 535. The summed E-state index contributed by atoms with van der Waals surface area (Å²) < 4.78 is 4.44. The first-order valence-corrected chi connectivity index (χ1v) is 8.01. The van der Waals surface area contributed by atoms with Crippen LogP contribution in [0.2, 0.25) is 0 Å². The van der Waals surface area contributed by atoms with Crippen LogP contribution in [0.15, 0.2) is 30.3 Å². The van der Waals surface area contributed by atoms with Gasteiger partial charge in [-0.1, -0.05) is 30.3 Å². The second-order valence-corrected chi connectivity index (χ2v) is 7.35. The number of esters is 1. The highest BCUT2D eigenvalue weighted by Gasteiger charge is 2.53. The van der Waals surface area contributed by atoms with E-state index in [9.17, 15) is 9.59 Å². The SMILES string of the molecule is COC(=O)[C@@H]1N(C(=O)CCl)[C@H](c2ccccc2)SC1(C)C. The third-order valence-corrected chi connectivity index (χ3v) is 5.30. The number of methoxy groups -OCH3 is 1. The average Bonchev–Trinajstić information content (AvgIpc) is 2.78. The summed E-state index contributed by atoms with van der Waals surface area (Å²) in [6.45, 7) is 3.88. The number of benzene rings is 1. The Morgan fingerprint density at radius 2 is 1.95 bits per heavy atom. The Balaban J connectivity index is 2.46. The van der Waals surface area contributed by atoms with E-state index in [0.717, 1.165) is 5.56 Å². The predicted molar refractivity (Wildman–Crippen MR) is 84.2 cm³/mol. The number of carbonyl (C=O) groups excluding carboxylic acids is 2. The van der Waals surface area contributed by atoms with Crippen molar-refractivity contribution in [3.63, 3.8) is 0 Å². The van der Waals surface area contributed by atoms with E-state index < -0.39 is 16.8 Å². The van der Waals surface area contributed by atoms with Gasteiger partial charge in [-0.25, -0.2) is 4.79 Å². The number of halogens is 1. The summed E-state index contributed by atoms with van der Waals surface area (Å²) in [6, 6.07) is 8.99. The van der Waals surface area contributed by atoms with Crippen LogP contribution < -0.4 is 0 Å². The number of hydrogen-bond donors (Lipinski definition) is 0. The van der Waals surface area contributed by atoms with Crippen molar-refractivity contribution in [1.29, 1.82) is 0 Å². The van der Waals surface area contributed by atoms with Crippen molar-refractivity contribution in [2.45, 2.75) is 30.0 Å². The first kappa shape index (κ1) is 16.2. The summed E-state index contributed by atoms with van der Waals surface area (Å²) in [5, 5.41) is -0.239. The first-order valence-electron chi connectivity index (χ1n) is 6.60. The minimum absolute atomic E-state index is 0.159. The molecule has 1 aromatic carbocycles. The highest BCUT2D eigenvalue weighted by molar-refractivity contribution is 8.01. The van der Waals surface area contributed by atoms with Gasteiger partial charge in [0, 0.05) is 4.75 Å². The van der Waals surface area contributed by atoms with Crippen LogP contribution in [-0.2, 0) is 14.3 Å². The van der Waals surface area contributed by atoms with Crippen molar-refractivity contribution in [1.82, 2.24) is 4.90 Å². The van der Waals surface area contributed by atoms with E-state index in [1.807, 2.05) is 44.2 Å². The molecule has 6 heteroatoms. The fraction of sp³-hybridized carbons (Fsp3) is 0.467. The molecule has 0 aromatic heterocycles. The van der Waals surface area contributed by atoms with Gasteiger partial charge in [0.1, 0.15) is 17.3 Å². The summed E-state index contributed by atoms with van der Waals surface area (Å²) in [7, 11) is 1.34. The van der Waals surface area contributed by atoms with Crippen molar-refractivity contribution < 1.29 is 14.3 Å². The van der Waals surface area contributed by atoms with Gasteiger partial charge in [-0.05, 0) is 19.4 Å². The number of amides is 1. The van der Waals surface area contributed by atoms with Gasteiger partial charge in [-0.15, -0.1) is 23.4 Å². The van der Waals surface area contributed by atoms with Gasteiger partial charge in [0.25, 0.3) is 0 Å². The number of nitrogens with zero attached hydrogens (tertiary/aromatic N) is 1. The van der Waals surface area contributed by atoms with E-state index in [4.69, 9.17) is 16.3 Å². The maximum atomic E-state index is 12.3. The second-order valence-electron chi connectivity index (χ2n) is 5.34. The van der Waals surface area contributed by atoms with Crippen molar-refractivity contribution >= 4 is 35.2 Å². The summed E-state index contributed by atoms with van der Waals surface area (Å²) in [5.41, 5.74) is 0.973. The fourth-order valence-corrected chi connectivity index (χ4v) is 4.28. The maximum Gasteiger partial charge on any atom is 0.330 e. The van der Waals surface area contributed by atoms with Crippen LogP contribution in [0.5, 0.6) is 0 Å². The van der Waals surface area contributed by atoms with E-state index in [-0.39, 0.29) is 17.2 Å². The molecule has 21 heavy (non-hydrogen) atoms. The molecule has 0 aliphatic carbocycles. The van der Waals surface area contributed by atoms with E-state index >= 15 is 0 Å². The molecule has 1 heterocycles. The Labute approximate surface area is 133 Å². The highest BCUT2D eigenvalue weighted by Crippen LogP contribution is 2.52. The Morgan fingerprint density at radius 1 is 1.33 bits per heavy atom. The fourth-order valence-electron chi connectivity index (χ4n) is 2.58. The largest absolute Gasteiger partial charge is 0.467 e. The Hall–Kier alpha value is -1.20. The summed E-state index contributed by atoms with van der Waals surface area (Å²) in [5.74, 6) is -0.837. The smallest absolute Gasteiger partial charge is 0.330 e. The Morgan fingerprint density at radius 3 is 2.48 bits per heavy atom. The van der Waals surface area contributed by atoms with Gasteiger partial charge in [0.15, 0.2) is 0 Å². The van der Waals surface area contributed by atoms with Gasteiger partial charge in [0.05, 0.1) is 7.11 Å². The summed E-state index contributed by atoms with van der Waals surface area (Å²) >= 11 is 7.31. The Kier molecular flexibility index (Phi) is 4.84. The molecule has 0 N–H and O–H groups in total. The van der Waals surface area contributed by atoms with Gasteiger partial charge in [-0.2, -0.15) is 0 Å².